The van der Waals surface area contributed by atoms with Crippen molar-refractivity contribution in [2.75, 3.05) is 11.1 Å². The smallest absolute Gasteiger partial charge is 0.341 e. The number of nitrogens with two attached hydrogens (primary N) is 1. The zero-order valence-corrected chi connectivity index (χ0v) is 12.8. The lowest BCUT2D eigenvalue weighted by molar-refractivity contribution is -0.363. The Bertz CT molecular complexity index is 656. The van der Waals surface area contributed by atoms with E-state index in [1.165, 1.54) is 0 Å². The second-order valence-electron chi connectivity index (χ2n) is 3.76. The van der Waals surface area contributed by atoms with Crippen molar-refractivity contribution >= 4 is 55.7 Å². The number of nitroso groups, excluding NO2 is 1. The lowest BCUT2D eigenvalue weighted by Gasteiger charge is -2.01. The molecule has 98 valence electrons. The van der Waals surface area contributed by atoms with Crippen LogP contribution in [0, 0.1) is 15.4 Å². The number of nitrogens with zero attached hydrogens (tertiary/aromatic N) is 1. The summed E-state index contributed by atoms with van der Waals surface area (Å²) in [5.41, 5.74) is 7.21. The highest BCUT2D eigenvalue weighted by Gasteiger charge is 2.20. The van der Waals surface area contributed by atoms with E-state index in [1.54, 1.807) is 25.1 Å². The highest BCUT2D eigenvalue weighted by molar-refractivity contribution is 14.1. The minimum Gasteiger partial charge on any atom is -0.398 e. The van der Waals surface area contributed by atoms with E-state index in [9.17, 15) is 9.70 Å². The first-order valence-electron chi connectivity index (χ1n) is 5.23. The Balaban J connectivity index is 2.22. The van der Waals surface area contributed by atoms with Crippen molar-refractivity contribution in [2.24, 2.45) is 5.18 Å². The molecule has 1 aromatic carbocycles. The van der Waals surface area contributed by atoms with Gasteiger partial charge in [0.05, 0.1) is 5.56 Å². The number of hydrogen-bond donors (Lipinski definition) is 2. The third-order valence-corrected chi connectivity index (χ3v) is 4.04. The molecule has 4 N–H and O–H groups in total. The summed E-state index contributed by atoms with van der Waals surface area (Å²) in [5.74, 6) is -0.330. The summed E-state index contributed by atoms with van der Waals surface area (Å²) in [4.78, 5) is 25.4. The minimum absolute atomic E-state index is 0.311. The van der Waals surface area contributed by atoms with Crippen LogP contribution in [0.2, 0.25) is 0 Å². The summed E-state index contributed by atoms with van der Waals surface area (Å²) in [5, 5.41) is 6.28. The van der Waals surface area contributed by atoms with Gasteiger partial charge < -0.3 is 5.73 Å². The van der Waals surface area contributed by atoms with Crippen molar-refractivity contribution in [2.45, 2.75) is 6.92 Å². The van der Waals surface area contributed by atoms with E-state index >= 15 is 0 Å². The van der Waals surface area contributed by atoms with Gasteiger partial charge in [0.1, 0.15) is 5.69 Å². The fourth-order valence-corrected chi connectivity index (χ4v) is 2.78. The molecule has 0 saturated carbocycles. The van der Waals surface area contributed by atoms with Gasteiger partial charge in [-0.15, -0.1) is 4.91 Å². The van der Waals surface area contributed by atoms with Gasteiger partial charge in [0.2, 0.25) is 5.00 Å². The summed E-state index contributed by atoms with van der Waals surface area (Å²) >= 11 is 3.20. The number of hydrogen-bond acceptors (Lipinski definition) is 5. The Morgan fingerprint density at radius 2 is 2.26 bits per heavy atom. The molecule has 1 amide bonds. The monoisotopic (exact) mass is 389 g/mol. The summed E-state index contributed by atoms with van der Waals surface area (Å²) in [6, 6.07) is 5.18. The Hall–Kier alpha value is -1.55. The van der Waals surface area contributed by atoms with Gasteiger partial charge in [0.15, 0.2) is 0 Å². The third kappa shape index (κ3) is 3.07. The summed E-state index contributed by atoms with van der Waals surface area (Å²) in [6.07, 6.45) is 0. The number of halogens is 1. The van der Waals surface area contributed by atoms with E-state index in [1.807, 2.05) is 0 Å². The highest BCUT2D eigenvalue weighted by Crippen LogP contribution is 2.27. The van der Waals surface area contributed by atoms with Crippen LogP contribution in [0.15, 0.2) is 23.4 Å². The van der Waals surface area contributed by atoms with Crippen molar-refractivity contribution in [1.29, 1.82) is 0 Å². The third-order valence-electron chi connectivity index (χ3n) is 2.39. The molecule has 0 unspecified atom stereocenters. The van der Waals surface area contributed by atoms with E-state index in [2.05, 4.69) is 38.1 Å². The number of nitrogens with one attached hydrogen (secondary N) is 2. The standard InChI is InChI=1S/C11H9IN4O2S/c1-5-10(16-18)19-11(14-5)15-9(17)7-3-2-6(12)4-8(7)13/h2-4H,13H2,1H3,(H,14,15,17)/p+1. The van der Waals surface area contributed by atoms with Crippen LogP contribution in [0.1, 0.15) is 16.1 Å². The Morgan fingerprint density at radius 3 is 2.84 bits per heavy atom. The average Bonchev–Trinajstić information content (AvgIpc) is 2.69. The van der Waals surface area contributed by atoms with Crippen molar-refractivity contribution < 1.29 is 9.78 Å². The van der Waals surface area contributed by atoms with Gasteiger partial charge >= 0.3 is 11.0 Å². The maximum atomic E-state index is 12.0. The van der Waals surface area contributed by atoms with Crippen LogP contribution < -0.4 is 16.0 Å². The van der Waals surface area contributed by atoms with Crippen LogP contribution in [-0.4, -0.2) is 5.91 Å². The lowest BCUT2D eigenvalue weighted by atomic mass is 10.2. The fourth-order valence-electron chi connectivity index (χ4n) is 1.48. The molecular formula is C11H10IN4O2S+. The molecule has 8 heteroatoms. The van der Waals surface area contributed by atoms with E-state index < -0.39 is 0 Å². The molecule has 2 aromatic rings. The fraction of sp³-hybridized carbons (Fsp3) is 0.0909. The maximum absolute atomic E-state index is 12.0. The van der Waals surface area contributed by atoms with Gasteiger partial charge in [0.25, 0.3) is 0 Å². The topological polar surface area (TPSA) is 98.7 Å². The number of aromatic nitrogens is 1. The first-order valence-corrected chi connectivity index (χ1v) is 7.13. The normalized spacial score (nSPS) is 10.2. The van der Waals surface area contributed by atoms with Gasteiger partial charge in [-0.2, -0.15) is 5.32 Å². The number of carbonyl (C=O) groups excluding carboxylic acids is 1. The number of nitrogen functional groups attached to an aromatic ring is 1. The number of carbonyl (C=O) groups is 1. The second-order valence-corrected chi connectivity index (χ2v) is 6.01. The van der Waals surface area contributed by atoms with Crippen LogP contribution in [0.3, 0.4) is 0 Å². The van der Waals surface area contributed by atoms with E-state index in [0.29, 0.717) is 27.1 Å². The average molecular weight is 389 g/mol. The number of thiazole rings is 1. The van der Waals surface area contributed by atoms with Crippen LogP contribution in [0.25, 0.3) is 0 Å². The zero-order valence-electron chi connectivity index (χ0n) is 9.86. The molecule has 19 heavy (non-hydrogen) atoms. The molecule has 2 rings (SSSR count). The van der Waals surface area contributed by atoms with Crippen molar-refractivity contribution in [3.63, 3.8) is 0 Å². The first kappa shape index (κ1) is 13.9. The van der Waals surface area contributed by atoms with Crippen molar-refractivity contribution in [3.8, 4) is 0 Å². The number of rotatable bonds is 3. The number of H-pyrrole nitrogens is 1. The lowest BCUT2D eigenvalue weighted by Crippen LogP contribution is -2.18. The molecule has 0 aliphatic heterocycles. The van der Waals surface area contributed by atoms with Crippen LogP contribution >= 0.6 is 33.9 Å². The number of aryl methyl sites for hydroxylation is 1. The molecule has 6 nitrogen and oxygen atoms in total. The molecule has 1 heterocycles. The SMILES string of the molecule is Cc1[nH+]c(NC(=O)c2ccc(I)cc2N)sc1N=O. The van der Waals surface area contributed by atoms with E-state index in [-0.39, 0.29) is 5.91 Å². The minimum atomic E-state index is -0.330. The van der Waals surface area contributed by atoms with Gasteiger partial charge in [-0.25, -0.2) is 9.78 Å². The predicted molar refractivity (Wildman–Crippen MR) is 82.6 cm³/mol. The van der Waals surface area contributed by atoms with Gasteiger partial charge in [-0.1, -0.05) is 0 Å². The number of benzene rings is 1. The van der Waals surface area contributed by atoms with E-state index in [4.69, 9.17) is 5.73 Å². The molecule has 0 spiro atoms. The van der Waals surface area contributed by atoms with Crippen LogP contribution in [0.4, 0.5) is 15.8 Å². The van der Waals surface area contributed by atoms with E-state index in [0.717, 1.165) is 14.9 Å². The van der Waals surface area contributed by atoms with Crippen LogP contribution in [-0.2, 0) is 0 Å². The van der Waals surface area contributed by atoms with Crippen molar-refractivity contribution in [3.05, 3.63) is 37.9 Å². The van der Waals surface area contributed by atoms with Gasteiger partial charge in [-0.3, -0.25) is 0 Å². The van der Waals surface area contributed by atoms with Gasteiger partial charge in [-0.05, 0) is 57.3 Å². The second kappa shape index (κ2) is 5.61. The molecule has 0 fully saturated rings. The molecule has 0 aliphatic carbocycles. The Morgan fingerprint density at radius 1 is 1.53 bits per heavy atom. The molecule has 0 saturated heterocycles. The number of aromatic amines is 1. The Labute approximate surface area is 126 Å². The summed E-state index contributed by atoms with van der Waals surface area (Å²) in [7, 11) is 0. The molecule has 1 aromatic heterocycles. The summed E-state index contributed by atoms with van der Waals surface area (Å²) in [6.45, 7) is 1.71. The molecule has 0 bridgehead atoms. The van der Waals surface area contributed by atoms with Gasteiger partial charge in [0, 0.05) is 16.2 Å². The molecule has 0 atom stereocenters. The molecule has 0 aliphatic rings. The maximum Gasteiger partial charge on any atom is 0.341 e. The zero-order chi connectivity index (χ0) is 14.0. The van der Waals surface area contributed by atoms with Crippen LogP contribution in [0.5, 0.6) is 0 Å². The summed E-state index contributed by atoms with van der Waals surface area (Å²) < 4.78 is 0.956. The first-order chi connectivity index (χ1) is 9.01. The van der Waals surface area contributed by atoms with Crippen molar-refractivity contribution in [1.82, 2.24) is 0 Å². The molecular weight excluding hydrogens is 379 g/mol. The predicted octanol–water partition coefficient (Wildman–Crippen LogP) is 2.71. The largest absolute Gasteiger partial charge is 0.398 e. The molecule has 0 radical (unpaired) electrons. The quantitative estimate of drug-likeness (QED) is 0.480. The highest BCUT2D eigenvalue weighted by atomic mass is 127. The number of anilines is 2. The number of amides is 1. The Kier molecular flexibility index (Phi) is 4.10.